The van der Waals surface area contributed by atoms with Crippen LogP contribution < -0.4 is 10.6 Å². The second-order valence-electron chi connectivity index (χ2n) is 8.10. The average molecular weight is 420 g/mol. The number of nitrogens with zero attached hydrogens (tertiary/aromatic N) is 3. The fourth-order valence-corrected chi connectivity index (χ4v) is 4.35. The lowest BCUT2D eigenvalue weighted by molar-refractivity contribution is -0.141. The zero-order valence-corrected chi connectivity index (χ0v) is 17.3. The first-order chi connectivity index (χ1) is 13.8. The predicted molar refractivity (Wildman–Crippen MR) is 110 cm³/mol. The highest BCUT2D eigenvalue weighted by Crippen LogP contribution is 2.33. The van der Waals surface area contributed by atoms with Crippen LogP contribution >= 0.6 is 11.6 Å². The molecule has 1 atom stereocenters. The number of fused-ring (bicyclic) bond motifs is 1. The molecular formula is C20H26ClN5O3. The summed E-state index contributed by atoms with van der Waals surface area (Å²) >= 11 is 6.01. The highest BCUT2D eigenvalue weighted by Gasteiger charge is 2.41. The molecule has 2 fully saturated rings. The quantitative estimate of drug-likeness (QED) is 0.746. The molecule has 0 aliphatic carbocycles. The van der Waals surface area contributed by atoms with Gasteiger partial charge in [0.05, 0.1) is 12.1 Å². The molecule has 3 aliphatic rings. The van der Waals surface area contributed by atoms with Gasteiger partial charge in [0.25, 0.3) is 5.91 Å². The number of carbonyl (C=O) groups is 3. The van der Waals surface area contributed by atoms with Gasteiger partial charge in [-0.15, -0.1) is 0 Å². The summed E-state index contributed by atoms with van der Waals surface area (Å²) in [6.07, 6.45) is 1.27. The van der Waals surface area contributed by atoms with Crippen molar-refractivity contribution in [3.8, 4) is 0 Å². The van der Waals surface area contributed by atoms with E-state index in [4.69, 9.17) is 11.6 Å². The minimum atomic E-state index is -0.695. The Morgan fingerprint density at radius 2 is 1.86 bits per heavy atom. The Hall–Kier alpha value is -2.32. The Balaban J connectivity index is 1.43. The van der Waals surface area contributed by atoms with E-state index in [9.17, 15) is 14.4 Å². The molecule has 3 amide bonds. The summed E-state index contributed by atoms with van der Waals surface area (Å²) in [5.41, 5.74) is 0.521. The number of amides is 3. The van der Waals surface area contributed by atoms with Crippen molar-refractivity contribution < 1.29 is 14.4 Å². The zero-order chi connectivity index (χ0) is 20.6. The summed E-state index contributed by atoms with van der Waals surface area (Å²) in [5, 5.41) is 6.93. The highest BCUT2D eigenvalue weighted by atomic mass is 35.5. The molecule has 0 radical (unpaired) electrons. The van der Waals surface area contributed by atoms with Crippen LogP contribution in [0.2, 0.25) is 5.02 Å². The van der Waals surface area contributed by atoms with E-state index in [1.54, 1.807) is 23.1 Å². The van der Waals surface area contributed by atoms with E-state index in [-0.39, 0.29) is 30.7 Å². The molecule has 1 aromatic carbocycles. The molecule has 0 saturated carbocycles. The summed E-state index contributed by atoms with van der Waals surface area (Å²) in [6.45, 7) is 3.59. The minimum Gasteiger partial charge on any atom is -0.362 e. The van der Waals surface area contributed by atoms with Crippen molar-refractivity contribution in [1.82, 2.24) is 20.0 Å². The van der Waals surface area contributed by atoms with Crippen molar-refractivity contribution in [3.05, 3.63) is 28.8 Å². The summed E-state index contributed by atoms with van der Waals surface area (Å²) < 4.78 is 0. The molecule has 0 bridgehead atoms. The zero-order valence-electron chi connectivity index (χ0n) is 16.5. The monoisotopic (exact) mass is 419 g/mol. The molecule has 29 heavy (non-hydrogen) atoms. The van der Waals surface area contributed by atoms with Gasteiger partial charge in [0.15, 0.2) is 0 Å². The highest BCUT2D eigenvalue weighted by molar-refractivity contribution is 6.31. The smallest absolute Gasteiger partial charge is 0.255 e. The fourth-order valence-electron chi connectivity index (χ4n) is 4.18. The van der Waals surface area contributed by atoms with Crippen LogP contribution in [0.5, 0.6) is 0 Å². The molecule has 3 heterocycles. The Labute approximate surface area is 175 Å². The molecule has 8 nitrogen and oxygen atoms in total. The van der Waals surface area contributed by atoms with Crippen molar-refractivity contribution in [2.45, 2.75) is 24.9 Å². The van der Waals surface area contributed by atoms with Gasteiger partial charge in [0, 0.05) is 56.3 Å². The summed E-state index contributed by atoms with van der Waals surface area (Å²) in [4.78, 5) is 43.6. The number of likely N-dealkylation sites (N-methyl/N-ethyl adjacent to an activating group) is 1. The first kappa shape index (κ1) is 20.0. The Morgan fingerprint density at radius 3 is 2.62 bits per heavy atom. The van der Waals surface area contributed by atoms with Crippen molar-refractivity contribution in [3.63, 3.8) is 0 Å². The first-order valence-electron chi connectivity index (χ1n) is 10.00. The van der Waals surface area contributed by atoms with Gasteiger partial charge in [-0.3, -0.25) is 14.4 Å². The van der Waals surface area contributed by atoms with Gasteiger partial charge in [-0.05, 0) is 31.7 Å². The standard InChI is InChI=1S/C20H26ClN5O3/c1-24-8-10-25(11-9-24)18(28)13-26-7-6-20(5-4-17(26)27)22-16-3-2-14(21)12-15(16)19(29)23-20/h2-3,12,22H,4-11,13H2,1H3,(H,23,29)/t20-/m0/s1. The van der Waals surface area contributed by atoms with Gasteiger partial charge < -0.3 is 25.3 Å². The topological polar surface area (TPSA) is 85.0 Å². The normalized spacial score (nSPS) is 25.3. The van der Waals surface area contributed by atoms with Crippen molar-refractivity contribution in [1.29, 1.82) is 0 Å². The van der Waals surface area contributed by atoms with Gasteiger partial charge in [0.1, 0.15) is 5.66 Å². The molecule has 0 unspecified atom stereocenters. The van der Waals surface area contributed by atoms with Crippen LogP contribution in [0.15, 0.2) is 18.2 Å². The second kappa shape index (κ2) is 7.84. The van der Waals surface area contributed by atoms with Crippen LogP contribution in [-0.2, 0) is 9.59 Å². The third kappa shape index (κ3) is 4.18. The van der Waals surface area contributed by atoms with Crippen LogP contribution in [0, 0.1) is 0 Å². The number of benzene rings is 1. The van der Waals surface area contributed by atoms with E-state index in [0.29, 0.717) is 48.7 Å². The number of hydrogen-bond acceptors (Lipinski definition) is 5. The van der Waals surface area contributed by atoms with Gasteiger partial charge in [-0.2, -0.15) is 0 Å². The molecule has 2 N–H and O–H groups in total. The number of anilines is 1. The molecule has 0 aromatic heterocycles. The molecule has 1 aromatic rings. The second-order valence-corrected chi connectivity index (χ2v) is 8.54. The summed E-state index contributed by atoms with van der Waals surface area (Å²) in [7, 11) is 2.04. The maximum atomic E-state index is 12.7. The van der Waals surface area contributed by atoms with Gasteiger partial charge in [-0.1, -0.05) is 11.6 Å². The van der Waals surface area contributed by atoms with E-state index in [2.05, 4.69) is 15.5 Å². The van der Waals surface area contributed by atoms with Gasteiger partial charge in [-0.25, -0.2) is 0 Å². The van der Waals surface area contributed by atoms with Crippen molar-refractivity contribution in [2.75, 3.05) is 51.6 Å². The maximum absolute atomic E-state index is 12.7. The lowest BCUT2D eigenvalue weighted by Crippen LogP contribution is -2.58. The number of likely N-dealkylation sites (tertiary alicyclic amines) is 1. The first-order valence-corrected chi connectivity index (χ1v) is 10.4. The lowest BCUT2D eigenvalue weighted by atomic mass is 9.95. The van der Waals surface area contributed by atoms with Crippen LogP contribution in [0.1, 0.15) is 29.6 Å². The summed E-state index contributed by atoms with van der Waals surface area (Å²) in [6, 6.07) is 5.16. The van der Waals surface area contributed by atoms with Gasteiger partial charge in [0.2, 0.25) is 11.8 Å². The lowest BCUT2D eigenvalue weighted by Gasteiger charge is -2.40. The van der Waals surface area contributed by atoms with Crippen LogP contribution in [0.3, 0.4) is 0 Å². The van der Waals surface area contributed by atoms with E-state index in [1.165, 1.54) is 0 Å². The Kier molecular flexibility index (Phi) is 5.40. The summed E-state index contributed by atoms with van der Waals surface area (Å²) in [5.74, 6) is -0.263. The third-order valence-electron chi connectivity index (χ3n) is 6.06. The maximum Gasteiger partial charge on any atom is 0.255 e. The molecule has 4 rings (SSSR count). The average Bonchev–Trinajstić information content (AvgIpc) is 2.83. The van der Waals surface area contributed by atoms with E-state index >= 15 is 0 Å². The number of piperazine rings is 1. The molecular weight excluding hydrogens is 394 g/mol. The number of nitrogens with one attached hydrogen (secondary N) is 2. The van der Waals surface area contributed by atoms with Crippen LogP contribution in [-0.4, -0.2) is 84.4 Å². The number of hydrogen-bond donors (Lipinski definition) is 2. The molecule has 9 heteroatoms. The van der Waals surface area contributed by atoms with Crippen molar-refractivity contribution >= 4 is 35.0 Å². The number of rotatable bonds is 2. The van der Waals surface area contributed by atoms with Crippen molar-refractivity contribution in [2.24, 2.45) is 0 Å². The van der Waals surface area contributed by atoms with E-state index < -0.39 is 5.66 Å². The molecule has 1 spiro atoms. The molecule has 156 valence electrons. The number of halogens is 1. The minimum absolute atomic E-state index is 0.0111. The number of carbonyl (C=O) groups excluding carboxylic acids is 3. The predicted octanol–water partition coefficient (Wildman–Crippen LogP) is 0.978. The Bertz CT molecular complexity index is 839. The fraction of sp³-hybridized carbons (Fsp3) is 0.550. The van der Waals surface area contributed by atoms with E-state index in [0.717, 1.165) is 13.1 Å². The van der Waals surface area contributed by atoms with E-state index in [1.807, 2.05) is 11.9 Å². The van der Waals surface area contributed by atoms with Crippen LogP contribution in [0.4, 0.5) is 5.69 Å². The molecule has 3 aliphatic heterocycles. The van der Waals surface area contributed by atoms with Crippen LogP contribution in [0.25, 0.3) is 0 Å². The van der Waals surface area contributed by atoms with Gasteiger partial charge >= 0.3 is 0 Å². The molecule has 2 saturated heterocycles. The SMILES string of the molecule is CN1CCN(C(=O)CN2CC[C@]3(CCC2=O)NC(=O)c2cc(Cl)ccc2N3)CC1. The largest absolute Gasteiger partial charge is 0.362 e. The Morgan fingerprint density at radius 1 is 1.10 bits per heavy atom. The third-order valence-corrected chi connectivity index (χ3v) is 6.30.